The van der Waals surface area contributed by atoms with Crippen LogP contribution in [0.2, 0.25) is 0 Å². The number of methoxy groups -OCH3 is 1. The summed E-state index contributed by atoms with van der Waals surface area (Å²) in [6, 6.07) is 4.01. The molecule has 0 aliphatic carbocycles. The van der Waals surface area contributed by atoms with Crippen LogP contribution in [-0.4, -0.2) is 50.2 Å². The highest BCUT2D eigenvalue weighted by Gasteiger charge is 2.22. The van der Waals surface area contributed by atoms with Gasteiger partial charge in [0, 0.05) is 19.4 Å². The summed E-state index contributed by atoms with van der Waals surface area (Å²) in [5.41, 5.74) is 0.651. The molecule has 0 aliphatic heterocycles. The van der Waals surface area contributed by atoms with Crippen molar-refractivity contribution in [3.8, 4) is 11.5 Å². The SMILES string of the molecule is CCC(=O)Oc1ccc(C[C@H](NCCOC(=O)C(C)C(C)C)C(=O)OC)cc1OC(=O)CC. The van der Waals surface area contributed by atoms with Gasteiger partial charge in [-0.3, -0.25) is 19.2 Å². The second-order valence-corrected chi connectivity index (χ2v) is 7.87. The number of nitrogens with one attached hydrogen (secondary N) is 1. The summed E-state index contributed by atoms with van der Waals surface area (Å²) < 4.78 is 20.7. The van der Waals surface area contributed by atoms with Crippen molar-refractivity contribution in [3.05, 3.63) is 23.8 Å². The summed E-state index contributed by atoms with van der Waals surface area (Å²) in [5, 5.41) is 3.02. The zero-order valence-corrected chi connectivity index (χ0v) is 20.3. The smallest absolute Gasteiger partial charge is 0.323 e. The van der Waals surface area contributed by atoms with Crippen LogP contribution in [0.15, 0.2) is 18.2 Å². The minimum atomic E-state index is -0.727. The van der Waals surface area contributed by atoms with Crippen molar-refractivity contribution in [2.45, 2.75) is 59.9 Å². The van der Waals surface area contributed by atoms with Crippen LogP contribution in [0.5, 0.6) is 11.5 Å². The molecule has 0 amide bonds. The van der Waals surface area contributed by atoms with Crippen LogP contribution in [0.25, 0.3) is 0 Å². The van der Waals surface area contributed by atoms with Crippen molar-refractivity contribution >= 4 is 23.9 Å². The summed E-state index contributed by atoms with van der Waals surface area (Å²) in [7, 11) is 1.28. The third-order valence-corrected chi connectivity index (χ3v) is 5.07. The van der Waals surface area contributed by atoms with Gasteiger partial charge in [0.25, 0.3) is 0 Å². The Morgan fingerprint density at radius 1 is 0.909 bits per heavy atom. The summed E-state index contributed by atoms with van der Waals surface area (Å²) >= 11 is 0. The van der Waals surface area contributed by atoms with E-state index in [9.17, 15) is 19.2 Å². The van der Waals surface area contributed by atoms with Gasteiger partial charge in [-0.25, -0.2) is 0 Å². The Bertz CT molecular complexity index is 821. The predicted octanol–water partition coefficient (Wildman–Crippen LogP) is 2.83. The molecule has 9 nitrogen and oxygen atoms in total. The Kier molecular flexibility index (Phi) is 12.1. The molecule has 0 saturated carbocycles. The first-order chi connectivity index (χ1) is 15.6. The fourth-order valence-corrected chi connectivity index (χ4v) is 2.64. The first-order valence-electron chi connectivity index (χ1n) is 11.1. The fourth-order valence-electron chi connectivity index (χ4n) is 2.64. The highest BCUT2D eigenvalue weighted by molar-refractivity contribution is 5.77. The van der Waals surface area contributed by atoms with Crippen LogP contribution in [0, 0.1) is 11.8 Å². The topological polar surface area (TPSA) is 117 Å². The number of rotatable bonds is 13. The Morgan fingerprint density at radius 2 is 1.52 bits per heavy atom. The molecule has 0 aromatic heterocycles. The maximum atomic E-state index is 12.3. The summed E-state index contributed by atoms with van der Waals surface area (Å²) in [4.78, 5) is 47.7. The van der Waals surface area contributed by atoms with Gasteiger partial charge >= 0.3 is 23.9 Å². The maximum Gasteiger partial charge on any atom is 0.323 e. The molecule has 0 bridgehead atoms. The van der Waals surface area contributed by atoms with Crippen molar-refractivity contribution in [1.82, 2.24) is 5.32 Å². The third kappa shape index (κ3) is 9.61. The zero-order valence-electron chi connectivity index (χ0n) is 20.3. The fraction of sp³-hybridized carbons (Fsp3) is 0.583. The number of hydrogen-bond donors (Lipinski definition) is 1. The van der Waals surface area contributed by atoms with E-state index in [4.69, 9.17) is 18.9 Å². The van der Waals surface area contributed by atoms with Crippen LogP contribution in [0.1, 0.15) is 53.0 Å². The van der Waals surface area contributed by atoms with Gasteiger partial charge in [0.1, 0.15) is 12.6 Å². The predicted molar refractivity (Wildman–Crippen MR) is 121 cm³/mol. The molecule has 33 heavy (non-hydrogen) atoms. The average molecular weight is 466 g/mol. The summed E-state index contributed by atoms with van der Waals surface area (Å²) in [6.07, 6.45) is 0.519. The molecular formula is C24H35NO8. The first-order valence-corrected chi connectivity index (χ1v) is 11.1. The van der Waals surface area contributed by atoms with Gasteiger partial charge in [0.2, 0.25) is 0 Å². The molecule has 9 heteroatoms. The van der Waals surface area contributed by atoms with Crippen molar-refractivity contribution in [1.29, 1.82) is 0 Å². The monoisotopic (exact) mass is 465 g/mol. The van der Waals surface area contributed by atoms with Gasteiger partial charge in [-0.05, 0) is 30.0 Å². The molecule has 1 N–H and O–H groups in total. The van der Waals surface area contributed by atoms with E-state index in [0.29, 0.717) is 5.56 Å². The quantitative estimate of drug-likeness (QED) is 0.266. The number of benzene rings is 1. The second kappa shape index (κ2) is 14.3. The largest absolute Gasteiger partial charge is 0.468 e. The van der Waals surface area contributed by atoms with E-state index in [1.54, 1.807) is 26.0 Å². The standard InChI is InChI=1S/C24H35NO8/c1-7-21(26)32-19-10-9-17(14-20(19)33-22(27)8-2)13-18(24(29)30-6)25-11-12-31-23(28)16(5)15(3)4/h9-10,14-16,18,25H,7-8,11-13H2,1-6H3/t16?,18-/m0/s1. The maximum absolute atomic E-state index is 12.3. The Morgan fingerprint density at radius 3 is 2.06 bits per heavy atom. The lowest BCUT2D eigenvalue weighted by atomic mass is 9.99. The highest BCUT2D eigenvalue weighted by atomic mass is 16.6. The van der Waals surface area contributed by atoms with Gasteiger partial charge < -0.3 is 24.3 Å². The van der Waals surface area contributed by atoms with E-state index in [-0.39, 0.29) is 61.7 Å². The number of esters is 4. The summed E-state index contributed by atoms with van der Waals surface area (Å²) in [5.74, 6) is -1.56. The summed E-state index contributed by atoms with van der Waals surface area (Å²) in [6.45, 7) is 9.35. The molecule has 0 spiro atoms. The van der Waals surface area contributed by atoms with Crippen molar-refractivity contribution in [2.24, 2.45) is 11.8 Å². The minimum absolute atomic E-state index is 0.0985. The van der Waals surface area contributed by atoms with Crippen LogP contribution < -0.4 is 14.8 Å². The van der Waals surface area contributed by atoms with Crippen LogP contribution in [-0.2, 0) is 35.1 Å². The van der Waals surface area contributed by atoms with E-state index >= 15 is 0 Å². The van der Waals surface area contributed by atoms with E-state index < -0.39 is 23.9 Å². The van der Waals surface area contributed by atoms with Crippen molar-refractivity contribution < 1.29 is 38.1 Å². The van der Waals surface area contributed by atoms with Crippen LogP contribution in [0.4, 0.5) is 0 Å². The Labute approximate surface area is 195 Å². The minimum Gasteiger partial charge on any atom is -0.468 e. The lowest BCUT2D eigenvalue weighted by molar-refractivity contribution is -0.149. The number of hydrogen-bond acceptors (Lipinski definition) is 9. The van der Waals surface area contributed by atoms with Gasteiger partial charge in [-0.15, -0.1) is 0 Å². The zero-order chi connectivity index (χ0) is 25.0. The second-order valence-electron chi connectivity index (χ2n) is 7.87. The van der Waals surface area contributed by atoms with E-state index in [1.165, 1.54) is 13.2 Å². The van der Waals surface area contributed by atoms with Gasteiger partial charge in [0.15, 0.2) is 11.5 Å². The highest BCUT2D eigenvalue weighted by Crippen LogP contribution is 2.30. The Balaban J connectivity index is 2.89. The van der Waals surface area contributed by atoms with E-state index in [1.807, 2.05) is 20.8 Å². The van der Waals surface area contributed by atoms with E-state index in [0.717, 1.165) is 0 Å². The molecule has 2 atom stereocenters. The van der Waals surface area contributed by atoms with Crippen molar-refractivity contribution in [3.63, 3.8) is 0 Å². The molecule has 0 aliphatic rings. The molecule has 0 heterocycles. The molecular weight excluding hydrogens is 430 g/mol. The molecule has 1 aromatic carbocycles. The number of ether oxygens (including phenoxy) is 4. The normalized spacial score (nSPS) is 12.6. The average Bonchev–Trinajstić information content (AvgIpc) is 2.80. The van der Waals surface area contributed by atoms with Crippen LogP contribution >= 0.6 is 0 Å². The molecule has 1 aromatic rings. The molecule has 1 unspecified atom stereocenters. The first kappa shape index (κ1) is 28.1. The molecule has 1 rings (SSSR count). The van der Waals surface area contributed by atoms with Crippen LogP contribution in [0.3, 0.4) is 0 Å². The molecule has 0 fully saturated rings. The van der Waals surface area contributed by atoms with Gasteiger partial charge in [-0.2, -0.15) is 0 Å². The number of carbonyl (C=O) groups is 4. The Hall–Kier alpha value is -2.94. The molecule has 0 saturated heterocycles. The van der Waals surface area contributed by atoms with Gasteiger partial charge in [-0.1, -0.05) is 40.7 Å². The van der Waals surface area contributed by atoms with Gasteiger partial charge in [0.05, 0.1) is 13.0 Å². The lowest BCUT2D eigenvalue weighted by Crippen LogP contribution is -2.41. The van der Waals surface area contributed by atoms with E-state index in [2.05, 4.69) is 5.32 Å². The molecule has 184 valence electrons. The van der Waals surface area contributed by atoms with Crippen molar-refractivity contribution in [2.75, 3.05) is 20.3 Å². The third-order valence-electron chi connectivity index (χ3n) is 5.07. The molecule has 0 radical (unpaired) electrons. The number of carbonyl (C=O) groups excluding carboxylic acids is 4. The lowest BCUT2D eigenvalue weighted by Gasteiger charge is -2.19.